The lowest BCUT2D eigenvalue weighted by molar-refractivity contribution is -0.171. The van der Waals surface area contributed by atoms with Gasteiger partial charge in [-0.1, -0.05) is 30.1 Å². The van der Waals surface area contributed by atoms with Crippen LogP contribution in [0.4, 0.5) is 5.69 Å². The van der Waals surface area contributed by atoms with Crippen LogP contribution in [0.5, 0.6) is 0 Å². The summed E-state index contributed by atoms with van der Waals surface area (Å²) in [5.74, 6) is -2.11. The number of hydrogen-bond donors (Lipinski definition) is 2. The lowest BCUT2D eigenvalue weighted by Crippen LogP contribution is -2.51. The average Bonchev–Trinajstić information content (AvgIpc) is 2.33. The van der Waals surface area contributed by atoms with E-state index in [1.54, 1.807) is 13.8 Å². The van der Waals surface area contributed by atoms with E-state index in [9.17, 15) is 14.7 Å². The van der Waals surface area contributed by atoms with Crippen molar-refractivity contribution < 1.29 is 19.4 Å². The quantitative estimate of drug-likeness (QED) is 0.789. The van der Waals surface area contributed by atoms with Gasteiger partial charge < -0.3 is 15.2 Å². The molecule has 0 saturated carbocycles. The fourth-order valence-corrected chi connectivity index (χ4v) is 2.27. The van der Waals surface area contributed by atoms with Gasteiger partial charge in [-0.3, -0.25) is 4.79 Å². The van der Waals surface area contributed by atoms with Crippen LogP contribution in [0.3, 0.4) is 0 Å². The van der Waals surface area contributed by atoms with E-state index in [0.717, 1.165) is 0 Å². The van der Waals surface area contributed by atoms with E-state index in [4.69, 9.17) is 27.9 Å². The zero-order valence-corrected chi connectivity index (χ0v) is 12.6. The minimum absolute atomic E-state index is 0.00367. The number of carbonyl (C=O) groups excluding carboxylic acids is 1. The Kier molecular flexibility index (Phi) is 5.80. The highest BCUT2D eigenvalue weighted by Crippen LogP contribution is 2.25. The Morgan fingerprint density at radius 1 is 1.25 bits per heavy atom. The lowest BCUT2D eigenvalue weighted by atomic mass is 9.99. The topological polar surface area (TPSA) is 75.6 Å². The summed E-state index contributed by atoms with van der Waals surface area (Å²) in [6, 6.07) is 4.45. The number of nitrogens with one attached hydrogen (secondary N) is 1. The van der Waals surface area contributed by atoms with Crippen molar-refractivity contribution in [3.63, 3.8) is 0 Å². The molecule has 1 atom stereocenters. The van der Waals surface area contributed by atoms with E-state index < -0.39 is 17.5 Å². The van der Waals surface area contributed by atoms with Gasteiger partial charge in [-0.05, 0) is 31.5 Å². The second-order valence-electron chi connectivity index (χ2n) is 4.03. The molecule has 2 N–H and O–H groups in total. The molecular weight excluding hydrogens is 305 g/mol. The first-order chi connectivity index (χ1) is 9.35. The van der Waals surface area contributed by atoms with Crippen LogP contribution in [-0.2, 0) is 14.3 Å². The SMILES string of the molecule is CCOC(CC)(C(=O)O)C(=O)Nc1cc(Cl)cc(Cl)c1. The summed E-state index contributed by atoms with van der Waals surface area (Å²) in [4.78, 5) is 23.6. The predicted molar refractivity (Wildman–Crippen MR) is 77.4 cm³/mol. The van der Waals surface area contributed by atoms with Crippen molar-refractivity contribution in [1.82, 2.24) is 0 Å². The van der Waals surface area contributed by atoms with Gasteiger partial charge in [0.25, 0.3) is 5.91 Å². The molecule has 7 heteroatoms. The molecule has 0 saturated heterocycles. The highest BCUT2D eigenvalue weighted by Gasteiger charge is 2.45. The third kappa shape index (κ3) is 3.62. The predicted octanol–water partition coefficient (Wildman–Crippen LogP) is 3.20. The summed E-state index contributed by atoms with van der Waals surface area (Å²) in [6.07, 6.45) is -0.00367. The number of halogens is 2. The minimum Gasteiger partial charge on any atom is -0.479 e. The standard InChI is InChI=1S/C13H15Cl2NO4/c1-3-13(12(18)19,20-4-2)11(17)16-10-6-8(14)5-9(15)7-10/h5-7H,3-4H2,1-2H3,(H,16,17)(H,18,19). The Hall–Kier alpha value is -1.30. The fraction of sp³-hybridized carbons (Fsp3) is 0.385. The van der Waals surface area contributed by atoms with E-state index in [2.05, 4.69) is 5.32 Å². The van der Waals surface area contributed by atoms with Gasteiger partial charge in [0.15, 0.2) is 0 Å². The molecule has 0 aliphatic carbocycles. The Morgan fingerprint density at radius 3 is 2.20 bits per heavy atom. The Balaban J connectivity index is 3.05. The van der Waals surface area contributed by atoms with Crippen LogP contribution in [0, 0.1) is 0 Å². The maximum Gasteiger partial charge on any atom is 0.345 e. The summed E-state index contributed by atoms with van der Waals surface area (Å²) in [7, 11) is 0. The van der Waals surface area contributed by atoms with Crippen molar-refractivity contribution in [2.75, 3.05) is 11.9 Å². The lowest BCUT2D eigenvalue weighted by Gasteiger charge is -2.26. The largest absolute Gasteiger partial charge is 0.479 e. The summed E-state index contributed by atoms with van der Waals surface area (Å²) in [6.45, 7) is 3.29. The summed E-state index contributed by atoms with van der Waals surface area (Å²) < 4.78 is 5.16. The molecule has 0 fully saturated rings. The van der Waals surface area contributed by atoms with Crippen molar-refractivity contribution >= 4 is 40.8 Å². The van der Waals surface area contributed by atoms with Gasteiger partial charge in [0.1, 0.15) is 0 Å². The van der Waals surface area contributed by atoms with E-state index in [1.165, 1.54) is 18.2 Å². The van der Waals surface area contributed by atoms with Crippen LogP contribution in [0.2, 0.25) is 10.0 Å². The molecule has 0 bridgehead atoms. The zero-order chi connectivity index (χ0) is 15.3. The molecule has 1 aromatic rings. The number of aliphatic carboxylic acids is 1. The molecule has 110 valence electrons. The summed E-state index contributed by atoms with van der Waals surface area (Å²) in [5, 5.41) is 12.4. The van der Waals surface area contributed by atoms with Gasteiger partial charge >= 0.3 is 5.97 Å². The van der Waals surface area contributed by atoms with Gasteiger partial charge in [0, 0.05) is 22.3 Å². The molecule has 0 radical (unpaired) electrons. The molecule has 0 aliphatic rings. The molecule has 0 spiro atoms. The molecule has 1 rings (SSSR count). The monoisotopic (exact) mass is 319 g/mol. The Labute approximate surface area is 126 Å². The summed E-state index contributed by atoms with van der Waals surface area (Å²) in [5.41, 5.74) is -1.62. The maximum absolute atomic E-state index is 12.2. The van der Waals surface area contributed by atoms with Gasteiger partial charge in [-0.25, -0.2) is 4.79 Å². The first-order valence-corrected chi connectivity index (χ1v) is 6.76. The van der Waals surface area contributed by atoms with Crippen LogP contribution in [0.15, 0.2) is 18.2 Å². The zero-order valence-electron chi connectivity index (χ0n) is 11.1. The number of carboxylic acids is 1. The second kappa shape index (κ2) is 6.92. The molecule has 1 unspecified atom stereocenters. The van der Waals surface area contributed by atoms with Crippen LogP contribution in [0.1, 0.15) is 20.3 Å². The average molecular weight is 320 g/mol. The minimum atomic E-state index is -1.93. The number of rotatable bonds is 6. The van der Waals surface area contributed by atoms with Gasteiger partial charge in [-0.15, -0.1) is 0 Å². The second-order valence-corrected chi connectivity index (χ2v) is 4.90. The molecule has 0 heterocycles. The van der Waals surface area contributed by atoms with E-state index in [1.807, 2.05) is 0 Å². The number of carboxylic acid groups (broad SMARTS) is 1. The molecule has 0 aromatic heterocycles. The third-order valence-electron chi connectivity index (χ3n) is 2.72. The van der Waals surface area contributed by atoms with Crippen molar-refractivity contribution in [3.8, 4) is 0 Å². The number of carbonyl (C=O) groups is 2. The number of hydrogen-bond acceptors (Lipinski definition) is 3. The molecule has 20 heavy (non-hydrogen) atoms. The van der Waals surface area contributed by atoms with Gasteiger partial charge in [0.2, 0.25) is 5.60 Å². The molecule has 5 nitrogen and oxygen atoms in total. The van der Waals surface area contributed by atoms with Crippen LogP contribution < -0.4 is 5.32 Å². The van der Waals surface area contributed by atoms with Crippen molar-refractivity contribution in [2.24, 2.45) is 0 Å². The van der Waals surface area contributed by atoms with Crippen molar-refractivity contribution in [2.45, 2.75) is 25.9 Å². The van der Waals surface area contributed by atoms with Gasteiger partial charge in [0.05, 0.1) is 0 Å². The molecule has 1 amide bonds. The van der Waals surface area contributed by atoms with Crippen LogP contribution in [0.25, 0.3) is 0 Å². The molecule has 1 aromatic carbocycles. The van der Waals surface area contributed by atoms with E-state index in [-0.39, 0.29) is 13.0 Å². The summed E-state index contributed by atoms with van der Waals surface area (Å²) >= 11 is 11.6. The first kappa shape index (κ1) is 16.8. The van der Waals surface area contributed by atoms with Crippen LogP contribution in [-0.4, -0.2) is 29.2 Å². The highest BCUT2D eigenvalue weighted by atomic mass is 35.5. The number of anilines is 1. The fourth-order valence-electron chi connectivity index (χ4n) is 1.74. The number of amides is 1. The Morgan fingerprint density at radius 2 is 1.80 bits per heavy atom. The Bertz CT molecular complexity index is 501. The highest BCUT2D eigenvalue weighted by molar-refractivity contribution is 6.35. The first-order valence-electron chi connectivity index (χ1n) is 6.00. The third-order valence-corrected chi connectivity index (χ3v) is 3.16. The van der Waals surface area contributed by atoms with Crippen molar-refractivity contribution in [1.29, 1.82) is 0 Å². The van der Waals surface area contributed by atoms with Gasteiger partial charge in [-0.2, -0.15) is 0 Å². The number of ether oxygens (including phenoxy) is 1. The smallest absolute Gasteiger partial charge is 0.345 e. The molecular formula is C13H15Cl2NO4. The van der Waals surface area contributed by atoms with E-state index in [0.29, 0.717) is 15.7 Å². The maximum atomic E-state index is 12.2. The normalized spacial score (nSPS) is 13.6. The molecule has 0 aliphatic heterocycles. The van der Waals surface area contributed by atoms with Crippen LogP contribution >= 0.6 is 23.2 Å². The van der Waals surface area contributed by atoms with Crippen molar-refractivity contribution in [3.05, 3.63) is 28.2 Å². The number of benzene rings is 1. The van der Waals surface area contributed by atoms with E-state index >= 15 is 0 Å².